The topological polar surface area (TPSA) is 50.4 Å². The van der Waals surface area contributed by atoms with Crippen LogP contribution < -0.4 is 15.4 Å². The molecule has 1 aliphatic heterocycles. The van der Waals surface area contributed by atoms with Gasteiger partial charge in [0.05, 0.1) is 7.11 Å². The van der Waals surface area contributed by atoms with Crippen LogP contribution in [0.4, 0.5) is 0 Å². The van der Waals surface area contributed by atoms with E-state index < -0.39 is 0 Å². The van der Waals surface area contributed by atoms with Crippen molar-refractivity contribution in [2.24, 2.45) is 0 Å². The maximum Gasteiger partial charge on any atom is 0.222 e. The maximum atomic E-state index is 11.6. The van der Waals surface area contributed by atoms with Crippen molar-refractivity contribution in [3.8, 4) is 5.75 Å². The van der Waals surface area contributed by atoms with E-state index in [2.05, 4.69) is 22.8 Å². The predicted molar refractivity (Wildman–Crippen MR) is 74.0 cm³/mol. The Morgan fingerprint density at radius 2 is 2.05 bits per heavy atom. The zero-order valence-electron chi connectivity index (χ0n) is 10.8. The molecular weight excluding hydrogens is 240 g/mol. The van der Waals surface area contributed by atoms with Gasteiger partial charge < -0.3 is 10.1 Å². The quantitative estimate of drug-likeness (QED) is 0.863. The van der Waals surface area contributed by atoms with Gasteiger partial charge in [0, 0.05) is 18.5 Å². The van der Waals surface area contributed by atoms with E-state index in [1.165, 1.54) is 0 Å². The van der Waals surface area contributed by atoms with Gasteiger partial charge in [0.15, 0.2) is 0 Å². The molecule has 2 aromatic carbocycles. The molecule has 0 spiro atoms. The highest BCUT2D eigenvalue weighted by Gasteiger charge is 2.23. The summed E-state index contributed by atoms with van der Waals surface area (Å²) in [6.45, 7) is 0.683. The fraction of sp³-hybridized carbons (Fsp3) is 0.267. The van der Waals surface area contributed by atoms with E-state index in [4.69, 9.17) is 4.74 Å². The summed E-state index contributed by atoms with van der Waals surface area (Å²) in [4.78, 5) is 11.6. The van der Waals surface area contributed by atoms with Crippen LogP contribution >= 0.6 is 0 Å². The first-order valence-electron chi connectivity index (χ1n) is 6.38. The molecule has 0 bridgehead atoms. The van der Waals surface area contributed by atoms with Crippen LogP contribution in [0.5, 0.6) is 5.75 Å². The molecule has 0 unspecified atom stereocenters. The van der Waals surface area contributed by atoms with Crippen LogP contribution in [0.1, 0.15) is 18.2 Å². The summed E-state index contributed by atoms with van der Waals surface area (Å²) in [5.41, 5.74) is 0.994. The molecule has 1 fully saturated rings. The highest BCUT2D eigenvalue weighted by atomic mass is 16.5. The van der Waals surface area contributed by atoms with Gasteiger partial charge in [-0.05, 0) is 16.8 Å². The second-order valence-electron chi connectivity index (χ2n) is 4.61. The zero-order chi connectivity index (χ0) is 13.2. The fourth-order valence-corrected chi connectivity index (χ4v) is 2.54. The van der Waals surface area contributed by atoms with Crippen LogP contribution in [-0.4, -0.2) is 19.6 Å². The summed E-state index contributed by atoms with van der Waals surface area (Å²) in [5, 5.41) is 8.53. The number of ether oxygens (including phenoxy) is 1. The lowest BCUT2D eigenvalue weighted by molar-refractivity contribution is -0.123. The van der Waals surface area contributed by atoms with E-state index >= 15 is 0 Å². The Bertz CT molecular complexity index is 625. The molecule has 4 heteroatoms. The summed E-state index contributed by atoms with van der Waals surface area (Å²) in [6.07, 6.45) is 0.325. The highest BCUT2D eigenvalue weighted by molar-refractivity contribution is 5.89. The van der Waals surface area contributed by atoms with Crippen LogP contribution in [-0.2, 0) is 4.79 Å². The SMILES string of the molecule is COc1ccc2ccccc2c1[C@H]1NCCC(=O)N1. The predicted octanol–water partition coefficient (Wildman–Crippen LogP) is 1.96. The second-order valence-corrected chi connectivity index (χ2v) is 4.61. The molecule has 0 aliphatic carbocycles. The molecule has 2 aromatic rings. The summed E-state index contributed by atoms with van der Waals surface area (Å²) in [7, 11) is 1.65. The van der Waals surface area contributed by atoms with Crippen molar-refractivity contribution in [3.63, 3.8) is 0 Å². The van der Waals surface area contributed by atoms with Gasteiger partial charge in [0.2, 0.25) is 5.91 Å². The Labute approximate surface area is 111 Å². The minimum atomic E-state index is -0.192. The third kappa shape index (κ3) is 2.15. The summed E-state index contributed by atoms with van der Waals surface area (Å²) in [6, 6.07) is 12.1. The Morgan fingerprint density at radius 1 is 1.21 bits per heavy atom. The molecule has 0 saturated carbocycles. The van der Waals surface area contributed by atoms with Crippen LogP contribution in [0.25, 0.3) is 10.8 Å². The molecule has 1 amide bonds. The van der Waals surface area contributed by atoms with Gasteiger partial charge in [-0.3, -0.25) is 10.1 Å². The molecule has 0 aromatic heterocycles. The lowest BCUT2D eigenvalue weighted by Gasteiger charge is -2.27. The maximum absolute atomic E-state index is 11.6. The van der Waals surface area contributed by atoms with Gasteiger partial charge in [-0.25, -0.2) is 0 Å². The Hall–Kier alpha value is -2.07. The minimum absolute atomic E-state index is 0.0683. The van der Waals surface area contributed by atoms with E-state index in [0.29, 0.717) is 13.0 Å². The largest absolute Gasteiger partial charge is 0.496 e. The van der Waals surface area contributed by atoms with Crippen LogP contribution in [0.2, 0.25) is 0 Å². The first kappa shape index (κ1) is 12.0. The normalized spacial score (nSPS) is 19.2. The van der Waals surface area contributed by atoms with Crippen molar-refractivity contribution in [2.45, 2.75) is 12.6 Å². The monoisotopic (exact) mass is 256 g/mol. The van der Waals surface area contributed by atoms with E-state index in [-0.39, 0.29) is 12.1 Å². The second kappa shape index (κ2) is 4.90. The molecule has 3 rings (SSSR count). The summed E-state index contributed by atoms with van der Waals surface area (Å²) >= 11 is 0. The lowest BCUT2D eigenvalue weighted by Crippen LogP contribution is -2.45. The number of benzene rings is 2. The average molecular weight is 256 g/mol. The zero-order valence-corrected chi connectivity index (χ0v) is 10.8. The number of nitrogens with one attached hydrogen (secondary N) is 2. The third-order valence-electron chi connectivity index (χ3n) is 3.45. The molecule has 4 nitrogen and oxygen atoms in total. The Balaban J connectivity index is 2.16. The number of hydrogen-bond donors (Lipinski definition) is 2. The summed E-state index contributed by atoms with van der Waals surface area (Å²) < 4.78 is 5.45. The number of rotatable bonds is 2. The molecule has 1 saturated heterocycles. The molecule has 0 radical (unpaired) electrons. The van der Waals surface area contributed by atoms with Crippen molar-refractivity contribution in [1.29, 1.82) is 0 Å². The smallest absolute Gasteiger partial charge is 0.222 e. The van der Waals surface area contributed by atoms with Crippen molar-refractivity contribution in [3.05, 3.63) is 42.0 Å². The van der Waals surface area contributed by atoms with Crippen LogP contribution in [0.3, 0.4) is 0 Å². The number of hydrogen-bond acceptors (Lipinski definition) is 3. The van der Waals surface area contributed by atoms with E-state index in [1.54, 1.807) is 7.11 Å². The first-order valence-corrected chi connectivity index (χ1v) is 6.38. The van der Waals surface area contributed by atoms with Crippen molar-refractivity contribution >= 4 is 16.7 Å². The molecule has 98 valence electrons. The number of methoxy groups -OCH3 is 1. The van der Waals surface area contributed by atoms with Crippen molar-refractivity contribution in [2.75, 3.05) is 13.7 Å². The number of carbonyl (C=O) groups is 1. The van der Waals surface area contributed by atoms with Crippen molar-refractivity contribution in [1.82, 2.24) is 10.6 Å². The molecule has 2 N–H and O–H groups in total. The third-order valence-corrected chi connectivity index (χ3v) is 3.45. The summed E-state index contributed by atoms with van der Waals surface area (Å²) in [5.74, 6) is 0.858. The molecule has 1 heterocycles. The van der Waals surface area contributed by atoms with Gasteiger partial charge >= 0.3 is 0 Å². The standard InChI is InChI=1S/C15H16N2O2/c1-19-12-7-6-10-4-2-3-5-11(10)14(12)15-16-9-8-13(18)17-15/h2-7,15-16H,8-9H2,1H3,(H,17,18)/t15-/m0/s1. The average Bonchev–Trinajstić information content (AvgIpc) is 2.46. The van der Waals surface area contributed by atoms with Gasteiger partial charge in [0.1, 0.15) is 11.9 Å². The van der Waals surface area contributed by atoms with Crippen LogP contribution in [0.15, 0.2) is 36.4 Å². The van der Waals surface area contributed by atoms with Gasteiger partial charge in [0.25, 0.3) is 0 Å². The lowest BCUT2D eigenvalue weighted by atomic mass is 10.00. The first-order chi connectivity index (χ1) is 9.29. The number of fused-ring (bicyclic) bond motifs is 1. The fourth-order valence-electron chi connectivity index (χ4n) is 2.54. The molecule has 1 atom stereocenters. The minimum Gasteiger partial charge on any atom is -0.496 e. The van der Waals surface area contributed by atoms with E-state index in [0.717, 1.165) is 22.1 Å². The van der Waals surface area contributed by atoms with Crippen LogP contribution in [0, 0.1) is 0 Å². The molecular formula is C15H16N2O2. The van der Waals surface area contributed by atoms with Gasteiger partial charge in [-0.1, -0.05) is 30.3 Å². The number of amides is 1. The van der Waals surface area contributed by atoms with E-state index in [1.807, 2.05) is 24.3 Å². The Kier molecular flexibility index (Phi) is 3.09. The van der Waals surface area contributed by atoms with E-state index in [9.17, 15) is 4.79 Å². The number of carbonyl (C=O) groups excluding carboxylic acids is 1. The van der Waals surface area contributed by atoms with Crippen molar-refractivity contribution < 1.29 is 9.53 Å². The Morgan fingerprint density at radius 3 is 2.84 bits per heavy atom. The van der Waals surface area contributed by atoms with Gasteiger partial charge in [-0.2, -0.15) is 0 Å². The highest BCUT2D eigenvalue weighted by Crippen LogP contribution is 2.32. The molecule has 1 aliphatic rings. The molecule has 19 heavy (non-hydrogen) atoms. The van der Waals surface area contributed by atoms with Gasteiger partial charge in [-0.15, -0.1) is 0 Å².